The fraction of sp³-hybridized carbons (Fsp3) is 0.0769. The summed E-state index contributed by atoms with van der Waals surface area (Å²) < 4.78 is 32.0. The molecule has 6 heteroatoms. The number of carbonyl (C=O) groups excluding carboxylic acids is 2. The first-order valence-corrected chi connectivity index (χ1v) is 5.30. The van der Waals surface area contributed by atoms with E-state index in [1.165, 1.54) is 24.4 Å². The van der Waals surface area contributed by atoms with Gasteiger partial charge in [-0.2, -0.15) is 0 Å². The van der Waals surface area contributed by atoms with E-state index in [0.29, 0.717) is 0 Å². The zero-order valence-corrected chi connectivity index (χ0v) is 9.89. The smallest absolute Gasteiger partial charge is 0.355 e. The van der Waals surface area contributed by atoms with Crippen molar-refractivity contribution in [1.82, 2.24) is 4.57 Å². The Morgan fingerprint density at radius 3 is 2.58 bits per heavy atom. The van der Waals surface area contributed by atoms with Crippen LogP contribution in [0.2, 0.25) is 0 Å². The van der Waals surface area contributed by atoms with E-state index in [0.717, 1.165) is 23.8 Å². The second-order valence-corrected chi connectivity index (χ2v) is 3.66. The molecule has 0 fully saturated rings. The maximum atomic E-state index is 13.5. The number of rotatable bonds is 2. The first-order valence-electron chi connectivity index (χ1n) is 5.30. The Bertz CT molecular complexity index is 649. The van der Waals surface area contributed by atoms with E-state index < -0.39 is 29.1 Å². The van der Waals surface area contributed by atoms with Gasteiger partial charge in [0.15, 0.2) is 11.6 Å². The Balaban J connectivity index is 2.48. The minimum Gasteiger partial charge on any atom is -0.464 e. The van der Waals surface area contributed by atoms with Crippen molar-refractivity contribution in [3.05, 3.63) is 59.4 Å². The molecule has 0 radical (unpaired) electrons. The van der Waals surface area contributed by atoms with Gasteiger partial charge in [0.05, 0.1) is 12.7 Å². The summed E-state index contributed by atoms with van der Waals surface area (Å²) in [5.41, 5.74) is -0.516. The van der Waals surface area contributed by atoms with Crippen molar-refractivity contribution < 1.29 is 23.1 Å². The van der Waals surface area contributed by atoms with Crippen molar-refractivity contribution in [3.63, 3.8) is 0 Å². The molecule has 0 bridgehead atoms. The van der Waals surface area contributed by atoms with Crippen LogP contribution in [0.15, 0.2) is 36.5 Å². The van der Waals surface area contributed by atoms with Gasteiger partial charge in [0.25, 0.3) is 5.91 Å². The van der Waals surface area contributed by atoms with Gasteiger partial charge in [0.2, 0.25) is 0 Å². The van der Waals surface area contributed by atoms with E-state index in [1.54, 1.807) is 0 Å². The standard InChI is InChI=1S/C13H9F2NO3/c1-19-13(18)10-6-3-7-16(10)12(17)8-4-2-5-9(14)11(8)15/h2-7H,1H3. The molecular formula is C13H9F2NO3. The predicted octanol–water partition coefficient (Wildman–Crippen LogP) is 2.24. The first kappa shape index (κ1) is 12.9. The van der Waals surface area contributed by atoms with Crippen molar-refractivity contribution >= 4 is 11.9 Å². The predicted molar refractivity (Wildman–Crippen MR) is 61.9 cm³/mol. The van der Waals surface area contributed by atoms with Gasteiger partial charge >= 0.3 is 5.97 Å². The molecule has 0 unspecified atom stereocenters. The van der Waals surface area contributed by atoms with Crippen LogP contribution in [-0.4, -0.2) is 23.6 Å². The van der Waals surface area contributed by atoms with Crippen LogP contribution in [0.25, 0.3) is 0 Å². The third-order valence-electron chi connectivity index (χ3n) is 2.54. The number of halogens is 2. The molecule has 0 spiro atoms. The lowest BCUT2D eigenvalue weighted by Gasteiger charge is -2.07. The molecule has 98 valence electrons. The monoisotopic (exact) mass is 265 g/mol. The zero-order valence-electron chi connectivity index (χ0n) is 9.89. The van der Waals surface area contributed by atoms with Gasteiger partial charge in [0.1, 0.15) is 5.69 Å². The summed E-state index contributed by atoms with van der Waals surface area (Å²) in [6.07, 6.45) is 1.28. The fourth-order valence-electron chi connectivity index (χ4n) is 1.63. The number of hydrogen-bond donors (Lipinski definition) is 0. The molecular weight excluding hydrogens is 256 g/mol. The third kappa shape index (κ3) is 2.24. The maximum Gasteiger partial charge on any atom is 0.355 e. The number of aromatic nitrogens is 1. The summed E-state index contributed by atoms with van der Waals surface area (Å²) in [5, 5.41) is 0. The van der Waals surface area contributed by atoms with Crippen molar-refractivity contribution in [2.75, 3.05) is 7.11 Å². The quantitative estimate of drug-likeness (QED) is 0.782. The Kier molecular flexibility index (Phi) is 3.41. The molecule has 19 heavy (non-hydrogen) atoms. The molecule has 0 aliphatic carbocycles. The number of benzene rings is 1. The highest BCUT2D eigenvalue weighted by atomic mass is 19.2. The highest BCUT2D eigenvalue weighted by Gasteiger charge is 2.21. The molecule has 0 amide bonds. The van der Waals surface area contributed by atoms with Gasteiger partial charge in [0, 0.05) is 6.20 Å². The second kappa shape index (κ2) is 5.01. The normalized spacial score (nSPS) is 10.3. The van der Waals surface area contributed by atoms with Crippen LogP contribution < -0.4 is 0 Å². The molecule has 1 heterocycles. The molecule has 0 saturated heterocycles. The molecule has 0 aliphatic heterocycles. The molecule has 2 rings (SSSR count). The molecule has 4 nitrogen and oxygen atoms in total. The maximum absolute atomic E-state index is 13.5. The minimum absolute atomic E-state index is 0.0591. The van der Waals surface area contributed by atoms with Gasteiger partial charge in [-0.1, -0.05) is 6.07 Å². The van der Waals surface area contributed by atoms with E-state index in [-0.39, 0.29) is 5.69 Å². The van der Waals surface area contributed by atoms with Gasteiger partial charge in [-0.15, -0.1) is 0 Å². The van der Waals surface area contributed by atoms with E-state index in [4.69, 9.17) is 0 Å². The number of carbonyl (C=O) groups is 2. The van der Waals surface area contributed by atoms with Gasteiger partial charge in [-0.3, -0.25) is 9.36 Å². The van der Waals surface area contributed by atoms with E-state index in [9.17, 15) is 18.4 Å². The van der Waals surface area contributed by atoms with Gasteiger partial charge in [-0.25, -0.2) is 13.6 Å². The third-order valence-corrected chi connectivity index (χ3v) is 2.54. The SMILES string of the molecule is COC(=O)c1cccn1C(=O)c1cccc(F)c1F. The Morgan fingerprint density at radius 1 is 1.16 bits per heavy atom. The number of ether oxygens (including phenoxy) is 1. The number of methoxy groups -OCH3 is 1. The average Bonchev–Trinajstić information content (AvgIpc) is 2.89. The van der Waals surface area contributed by atoms with Crippen molar-refractivity contribution in [3.8, 4) is 0 Å². The van der Waals surface area contributed by atoms with Crippen LogP contribution in [0.4, 0.5) is 8.78 Å². The topological polar surface area (TPSA) is 48.3 Å². The summed E-state index contributed by atoms with van der Waals surface area (Å²) >= 11 is 0. The van der Waals surface area contributed by atoms with E-state index in [2.05, 4.69) is 4.74 Å². The molecule has 0 aliphatic rings. The first-order chi connectivity index (χ1) is 9.06. The van der Waals surface area contributed by atoms with Crippen LogP contribution in [0, 0.1) is 11.6 Å². The van der Waals surface area contributed by atoms with Crippen LogP contribution in [0.3, 0.4) is 0 Å². The molecule has 1 aromatic carbocycles. The van der Waals surface area contributed by atoms with Crippen molar-refractivity contribution in [2.24, 2.45) is 0 Å². The molecule has 2 aromatic rings. The summed E-state index contributed by atoms with van der Waals surface area (Å²) in [7, 11) is 1.16. The van der Waals surface area contributed by atoms with Gasteiger partial charge < -0.3 is 4.74 Å². The van der Waals surface area contributed by atoms with E-state index >= 15 is 0 Å². The van der Waals surface area contributed by atoms with Crippen molar-refractivity contribution in [2.45, 2.75) is 0 Å². The molecule has 0 N–H and O–H groups in total. The lowest BCUT2D eigenvalue weighted by molar-refractivity contribution is 0.0583. The molecule has 0 atom stereocenters. The Morgan fingerprint density at radius 2 is 1.89 bits per heavy atom. The van der Waals surface area contributed by atoms with Crippen LogP contribution in [-0.2, 0) is 4.74 Å². The summed E-state index contributed by atoms with van der Waals surface area (Å²) in [4.78, 5) is 23.5. The number of hydrogen-bond acceptors (Lipinski definition) is 3. The van der Waals surface area contributed by atoms with Crippen LogP contribution in [0.5, 0.6) is 0 Å². The molecule has 1 aromatic heterocycles. The average molecular weight is 265 g/mol. The summed E-state index contributed by atoms with van der Waals surface area (Å²) in [5.74, 6) is -3.97. The van der Waals surface area contributed by atoms with Crippen LogP contribution in [0.1, 0.15) is 20.8 Å². The van der Waals surface area contributed by atoms with E-state index in [1.807, 2.05) is 0 Å². The summed E-state index contributed by atoms with van der Waals surface area (Å²) in [6.45, 7) is 0. The molecule has 0 saturated carbocycles. The van der Waals surface area contributed by atoms with Gasteiger partial charge in [-0.05, 0) is 24.3 Å². The number of nitrogens with zero attached hydrogens (tertiary/aromatic N) is 1. The Labute approximate surface area is 107 Å². The highest BCUT2D eigenvalue weighted by molar-refractivity contribution is 6.01. The lowest BCUT2D eigenvalue weighted by atomic mass is 10.2. The highest BCUT2D eigenvalue weighted by Crippen LogP contribution is 2.15. The minimum atomic E-state index is -1.25. The largest absolute Gasteiger partial charge is 0.464 e. The van der Waals surface area contributed by atoms with Crippen molar-refractivity contribution in [1.29, 1.82) is 0 Å². The zero-order chi connectivity index (χ0) is 14.0. The van der Waals surface area contributed by atoms with Crippen LogP contribution >= 0.6 is 0 Å². The fourth-order valence-corrected chi connectivity index (χ4v) is 1.63. The number of esters is 1. The summed E-state index contributed by atoms with van der Waals surface area (Å²) in [6, 6.07) is 6.04. The second-order valence-electron chi connectivity index (χ2n) is 3.66. The Hall–Kier alpha value is -2.50. The lowest BCUT2D eigenvalue weighted by Crippen LogP contribution is -2.19.